The van der Waals surface area contributed by atoms with E-state index in [-0.39, 0.29) is 29.8 Å². The molecule has 3 rings (SSSR count). The summed E-state index contributed by atoms with van der Waals surface area (Å²) in [7, 11) is 0. The number of aliphatic carboxylic acids is 1. The van der Waals surface area contributed by atoms with Gasteiger partial charge >= 0.3 is 5.97 Å². The molecule has 12 nitrogen and oxygen atoms in total. The number of amides is 4. The van der Waals surface area contributed by atoms with Crippen LogP contribution in [0.25, 0.3) is 0 Å². The first-order chi connectivity index (χ1) is 18.8. The number of aldehydes is 1. The number of carboxylic acids is 1. The van der Waals surface area contributed by atoms with Crippen LogP contribution in [0.1, 0.15) is 40.4 Å². The van der Waals surface area contributed by atoms with Crippen molar-refractivity contribution in [2.45, 2.75) is 46.2 Å². The number of Topliss-reactive ketones (excluding diaryl/α,β-unsaturated/α-hetero) is 1. The fraction of sp³-hybridized carbons (Fsp3) is 0.321. The molecule has 0 fully saturated rings. The highest BCUT2D eigenvalue weighted by Crippen LogP contribution is 2.33. The lowest BCUT2D eigenvalue weighted by Crippen LogP contribution is -2.55. The average molecular weight is 551 g/mol. The van der Waals surface area contributed by atoms with Crippen molar-refractivity contribution >= 4 is 53.0 Å². The zero-order valence-electron chi connectivity index (χ0n) is 22.5. The zero-order valence-corrected chi connectivity index (χ0v) is 22.5. The van der Waals surface area contributed by atoms with Crippen LogP contribution < -0.4 is 20.4 Å². The maximum atomic E-state index is 13.7. The Morgan fingerprint density at radius 1 is 1.05 bits per heavy atom. The van der Waals surface area contributed by atoms with Gasteiger partial charge in [-0.1, -0.05) is 29.8 Å². The largest absolute Gasteiger partial charge is 0.481 e. The second-order valence-corrected chi connectivity index (χ2v) is 9.58. The van der Waals surface area contributed by atoms with Gasteiger partial charge < -0.3 is 25.4 Å². The van der Waals surface area contributed by atoms with Gasteiger partial charge in [0, 0.05) is 12.5 Å². The lowest BCUT2D eigenvalue weighted by atomic mass is 9.96. The van der Waals surface area contributed by atoms with Gasteiger partial charge in [0.25, 0.3) is 17.6 Å². The van der Waals surface area contributed by atoms with Gasteiger partial charge in [-0.2, -0.15) is 0 Å². The number of carbonyl (C=O) groups is 7. The van der Waals surface area contributed by atoms with Crippen molar-refractivity contribution < 1.29 is 38.7 Å². The molecule has 2 atom stereocenters. The minimum absolute atomic E-state index is 0.173. The van der Waals surface area contributed by atoms with Crippen LogP contribution in [-0.4, -0.2) is 71.9 Å². The van der Waals surface area contributed by atoms with E-state index >= 15 is 0 Å². The lowest BCUT2D eigenvalue weighted by Gasteiger charge is -2.25. The monoisotopic (exact) mass is 550 g/mol. The summed E-state index contributed by atoms with van der Waals surface area (Å²) in [6.07, 6.45) is -0.387. The SMILES string of the molecule is CC(=O)N1C[C@H](NC(=O)C(=O)c2c(C)cc(C)cc2C)C(=O)N(CC(=O)N[C@H](C=O)CC(=O)O)c2ccccc21. The number of nitrogens with one attached hydrogen (secondary N) is 2. The predicted molar refractivity (Wildman–Crippen MR) is 144 cm³/mol. The molecule has 1 aliphatic rings. The Kier molecular flexibility index (Phi) is 9.15. The van der Waals surface area contributed by atoms with Crippen molar-refractivity contribution in [3.8, 4) is 0 Å². The van der Waals surface area contributed by atoms with Crippen LogP contribution >= 0.6 is 0 Å². The quantitative estimate of drug-likeness (QED) is 0.234. The first-order valence-electron chi connectivity index (χ1n) is 12.4. The highest BCUT2D eigenvalue weighted by Gasteiger charge is 2.38. The number of benzene rings is 2. The standard InChI is InChI=1S/C28H30N4O8/c1-15-9-16(2)25(17(3)10-15)26(38)27(39)30-20-12-31(18(4)34)21-7-5-6-8-22(21)32(28(20)40)13-23(35)29-19(14-33)11-24(36)37/h5-10,14,19-20H,11-13H2,1-4H3,(H,29,35)(H,30,39)(H,36,37)/t19-,20-/m0/s1. The Balaban J connectivity index is 1.96. The normalized spacial score (nSPS) is 15.4. The lowest BCUT2D eigenvalue weighted by molar-refractivity contribution is -0.139. The van der Waals surface area contributed by atoms with Crippen molar-refractivity contribution in [1.29, 1.82) is 0 Å². The predicted octanol–water partition coefficient (Wildman–Crippen LogP) is 0.837. The van der Waals surface area contributed by atoms with E-state index in [1.165, 1.54) is 17.9 Å². The number of rotatable bonds is 9. The van der Waals surface area contributed by atoms with E-state index in [1.807, 2.05) is 6.92 Å². The highest BCUT2D eigenvalue weighted by atomic mass is 16.4. The number of fused-ring (bicyclic) bond motifs is 1. The van der Waals surface area contributed by atoms with Crippen LogP contribution in [-0.2, 0) is 28.8 Å². The summed E-state index contributed by atoms with van der Waals surface area (Å²) < 4.78 is 0. The molecule has 0 spiro atoms. The van der Waals surface area contributed by atoms with Crippen molar-refractivity contribution in [3.63, 3.8) is 0 Å². The highest BCUT2D eigenvalue weighted by molar-refractivity contribution is 6.43. The molecule has 0 unspecified atom stereocenters. The third-order valence-corrected chi connectivity index (χ3v) is 6.40. The van der Waals surface area contributed by atoms with Crippen molar-refractivity contribution in [1.82, 2.24) is 10.6 Å². The summed E-state index contributed by atoms with van der Waals surface area (Å²) in [5.41, 5.74) is 2.74. The molecule has 0 aromatic heterocycles. The van der Waals surface area contributed by atoms with Crippen LogP contribution in [0.5, 0.6) is 0 Å². The number of nitrogens with zero attached hydrogens (tertiary/aromatic N) is 2. The molecule has 0 bridgehead atoms. The molecule has 4 amide bonds. The van der Waals surface area contributed by atoms with Gasteiger partial charge in [-0.05, 0) is 44.0 Å². The summed E-state index contributed by atoms with van der Waals surface area (Å²) in [6.45, 7) is 5.56. The molecule has 2 aromatic carbocycles. The van der Waals surface area contributed by atoms with Gasteiger partial charge in [0.05, 0.1) is 30.4 Å². The fourth-order valence-corrected chi connectivity index (χ4v) is 4.75. The third-order valence-electron chi connectivity index (χ3n) is 6.40. The van der Waals surface area contributed by atoms with Crippen LogP contribution in [0.15, 0.2) is 36.4 Å². The van der Waals surface area contributed by atoms with Gasteiger partial charge in [0.15, 0.2) is 0 Å². The number of hydrogen-bond donors (Lipinski definition) is 3. The maximum Gasteiger partial charge on any atom is 0.305 e. The van der Waals surface area contributed by atoms with Gasteiger partial charge in [-0.25, -0.2) is 0 Å². The summed E-state index contributed by atoms with van der Waals surface area (Å²) in [5.74, 6) is -5.31. The van der Waals surface area contributed by atoms with Crippen LogP contribution in [0.3, 0.4) is 0 Å². The summed E-state index contributed by atoms with van der Waals surface area (Å²) in [6, 6.07) is 7.04. The summed E-state index contributed by atoms with van der Waals surface area (Å²) in [4.78, 5) is 89.9. The molecule has 40 heavy (non-hydrogen) atoms. The van der Waals surface area contributed by atoms with Crippen LogP contribution in [0.4, 0.5) is 11.4 Å². The molecule has 12 heteroatoms. The van der Waals surface area contributed by atoms with Gasteiger partial charge in [0.2, 0.25) is 11.8 Å². The number of para-hydroxylation sites is 2. The number of carboxylic acid groups (broad SMARTS) is 1. The molecule has 3 N–H and O–H groups in total. The Bertz CT molecular complexity index is 1380. The fourth-order valence-electron chi connectivity index (χ4n) is 4.75. The van der Waals surface area contributed by atoms with Gasteiger partial charge in [-0.3, -0.25) is 33.7 Å². The molecule has 1 aliphatic heterocycles. The van der Waals surface area contributed by atoms with Crippen molar-refractivity contribution in [2.75, 3.05) is 22.9 Å². The van der Waals surface area contributed by atoms with E-state index < -0.39 is 60.4 Å². The smallest absolute Gasteiger partial charge is 0.305 e. The summed E-state index contributed by atoms with van der Waals surface area (Å²) >= 11 is 0. The first-order valence-corrected chi connectivity index (χ1v) is 12.4. The molecule has 1 heterocycles. The van der Waals surface area contributed by atoms with Crippen LogP contribution in [0, 0.1) is 20.8 Å². The molecule has 0 saturated carbocycles. The topological polar surface area (TPSA) is 170 Å². The molecule has 0 radical (unpaired) electrons. The molecule has 210 valence electrons. The molecular weight excluding hydrogens is 520 g/mol. The van der Waals surface area contributed by atoms with E-state index in [0.29, 0.717) is 11.1 Å². The van der Waals surface area contributed by atoms with E-state index in [4.69, 9.17) is 5.11 Å². The van der Waals surface area contributed by atoms with Crippen molar-refractivity contribution in [2.24, 2.45) is 0 Å². The molecule has 2 aromatic rings. The summed E-state index contributed by atoms with van der Waals surface area (Å²) in [5, 5.41) is 13.7. The number of carbonyl (C=O) groups excluding carboxylic acids is 6. The first kappa shape index (κ1) is 29.7. The van der Waals surface area contributed by atoms with Crippen LogP contribution in [0.2, 0.25) is 0 Å². The van der Waals surface area contributed by atoms with Gasteiger partial charge in [-0.15, -0.1) is 0 Å². The molecule has 0 aliphatic carbocycles. The Labute approximate surface area is 230 Å². The minimum Gasteiger partial charge on any atom is -0.481 e. The number of aryl methyl sites for hydroxylation is 3. The number of anilines is 2. The van der Waals surface area contributed by atoms with Crippen molar-refractivity contribution in [3.05, 3.63) is 58.7 Å². The van der Waals surface area contributed by atoms with E-state index in [9.17, 15) is 33.6 Å². The third kappa shape index (κ3) is 6.57. The number of ketones is 1. The van der Waals surface area contributed by atoms with E-state index in [1.54, 1.807) is 44.2 Å². The maximum absolute atomic E-state index is 13.7. The molecule has 0 saturated heterocycles. The number of hydrogen-bond acceptors (Lipinski definition) is 7. The molecular formula is C28H30N4O8. The Morgan fingerprint density at radius 2 is 1.65 bits per heavy atom. The minimum atomic E-state index is -1.41. The second-order valence-electron chi connectivity index (χ2n) is 9.58. The second kappa shape index (κ2) is 12.3. The Morgan fingerprint density at radius 3 is 2.20 bits per heavy atom. The Hall–Kier alpha value is -4.87. The van der Waals surface area contributed by atoms with Gasteiger partial charge in [0.1, 0.15) is 18.9 Å². The van der Waals surface area contributed by atoms with E-state index in [2.05, 4.69) is 10.6 Å². The zero-order chi connectivity index (χ0) is 29.7. The van der Waals surface area contributed by atoms with E-state index in [0.717, 1.165) is 10.5 Å². The average Bonchev–Trinajstić information content (AvgIpc) is 2.98.